The van der Waals surface area contributed by atoms with Gasteiger partial charge in [-0.1, -0.05) is 30.3 Å². The van der Waals surface area contributed by atoms with Gasteiger partial charge in [0.2, 0.25) is 0 Å². The molecule has 3 aliphatic rings. The monoisotopic (exact) mass is 433 g/mol. The van der Waals surface area contributed by atoms with E-state index in [0.29, 0.717) is 11.3 Å². The van der Waals surface area contributed by atoms with Gasteiger partial charge in [0, 0.05) is 12.0 Å². The van der Waals surface area contributed by atoms with Crippen molar-refractivity contribution in [3.63, 3.8) is 0 Å². The second-order valence-electron chi connectivity index (χ2n) is 7.97. The molecule has 3 aliphatic heterocycles. The SMILES string of the molecule is COC(=O)[C@H](C)N1C(=O)[C@H](N2C(=O)c3ccccc3C2=O)C[C@@]2(O)C1=Nc1ccccc12. The molecule has 2 aromatic rings. The fourth-order valence-corrected chi connectivity index (χ4v) is 4.68. The number of fused-ring (bicyclic) bond motifs is 4. The van der Waals surface area contributed by atoms with E-state index in [9.17, 15) is 24.3 Å². The Kier molecular flexibility index (Phi) is 4.28. The summed E-state index contributed by atoms with van der Waals surface area (Å²) in [7, 11) is 1.19. The van der Waals surface area contributed by atoms with Gasteiger partial charge in [-0.05, 0) is 25.1 Å². The van der Waals surface area contributed by atoms with E-state index in [-0.39, 0.29) is 23.4 Å². The standard InChI is InChI=1S/C23H19N3O6/c1-12(21(30)32-2)25-20(29)17(26-18(27)13-7-3-4-8-14(13)19(26)28)11-23(31)15-9-5-6-10-16(15)24-22(23)25/h3-10,12,17,31H,11H2,1-2H3/t12-,17+,23-/m0/s1. The van der Waals surface area contributed by atoms with Crippen molar-refractivity contribution >= 4 is 35.2 Å². The molecule has 0 unspecified atom stereocenters. The smallest absolute Gasteiger partial charge is 0.328 e. The summed E-state index contributed by atoms with van der Waals surface area (Å²) in [6, 6.07) is 10.6. The maximum Gasteiger partial charge on any atom is 0.328 e. The van der Waals surface area contributed by atoms with Crippen LogP contribution in [0, 0.1) is 0 Å². The highest BCUT2D eigenvalue weighted by Gasteiger charge is 2.59. The lowest BCUT2D eigenvalue weighted by molar-refractivity contribution is -0.152. The summed E-state index contributed by atoms with van der Waals surface area (Å²) in [4.78, 5) is 58.5. The number of carbonyl (C=O) groups excluding carboxylic acids is 4. The Morgan fingerprint density at radius 2 is 1.69 bits per heavy atom. The Bertz CT molecular complexity index is 1200. The number of carbonyl (C=O) groups is 4. The predicted molar refractivity (Wildman–Crippen MR) is 111 cm³/mol. The highest BCUT2D eigenvalue weighted by Crippen LogP contribution is 2.47. The van der Waals surface area contributed by atoms with Gasteiger partial charge in [-0.3, -0.25) is 24.2 Å². The van der Waals surface area contributed by atoms with Gasteiger partial charge >= 0.3 is 5.97 Å². The number of benzene rings is 2. The number of aliphatic hydroxyl groups is 1. The van der Waals surface area contributed by atoms with Crippen molar-refractivity contribution in [2.75, 3.05) is 7.11 Å². The molecule has 2 aromatic carbocycles. The molecule has 162 valence electrons. The van der Waals surface area contributed by atoms with Crippen molar-refractivity contribution in [3.8, 4) is 0 Å². The number of imide groups is 1. The Morgan fingerprint density at radius 3 is 2.31 bits per heavy atom. The first-order valence-electron chi connectivity index (χ1n) is 10.1. The summed E-state index contributed by atoms with van der Waals surface area (Å²) in [6.45, 7) is 1.44. The highest BCUT2D eigenvalue weighted by atomic mass is 16.5. The second kappa shape index (κ2) is 6.83. The minimum atomic E-state index is -1.77. The van der Waals surface area contributed by atoms with Gasteiger partial charge in [-0.2, -0.15) is 0 Å². The molecule has 0 saturated carbocycles. The highest BCUT2D eigenvalue weighted by molar-refractivity contribution is 6.24. The summed E-state index contributed by atoms with van der Waals surface area (Å²) in [5.41, 5.74) is -0.506. The van der Waals surface area contributed by atoms with Crippen molar-refractivity contribution in [1.82, 2.24) is 9.80 Å². The molecule has 3 amide bonds. The molecule has 0 radical (unpaired) electrons. The van der Waals surface area contributed by atoms with E-state index >= 15 is 0 Å². The van der Waals surface area contributed by atoms with Gasteiger partial charge in [0.05, 0.1) is 23.9 Å². The molecule has 1 fully saturated rings. The molecule has 0 spiro atoms. The third-order valence-electron chi connectivity index (χ3n) is 6.25. The number of likely N-dealkylation sites (tertiary alicyclic amines) is 1. The average Bonchev–Trinajstić information content (AvgIpc) is 3.23. The number of rotatable bonds is 3. The minimum Gasteiger partial charge on any atom is -0.467 e. The number of esters is 1. The molecule has 0 aromatic heterocycles. The topological polar surface area (TPSA) is 117 Å². The van der Waals surface area contributed by atoms with Crippen LogP contribution >= 0.6 is 0 Å². The van der Waals surface area contributed by atoms with E-state index in [2.05, 4.69) is 4.99 Å². The van der Waals surface area contributed by atoms with Crippen molar-refractivity contribution in [3.05, 3.63) is 65.2 Å². The van der Waals surface area contributed by atoms with Crippen LogP contribution in [0.3, 0.4) is 0 Å². The van der Waals surface area contributed by atoms with E-state index in [1.165, 1.54) is 26.2 Å². The van der Waals surface area contributed by atoms with Crippen molar-refractivity contribution < 1.29 is 29.0 Å². The maximum atomic E-state index is 13.6. The number of ether oxygens (including phenoxy) is 1. The van der Waals surface area contributed by atoms with E-state index in [4.69, 9.17) is 4.74 Å². The first-order chi connectivity index (χ1) is 15.3. The lowest BCUT2D eigenvalue weighted by Gasteiger charge is -2.44. The third kappa shape index (κ3) is 2.51. The van der Waals surface area contributed by atoms with Crippen LogP contribution in [0.25, 0.3) is 0 Å². The van der Waals surface area contributed by atoms with Gasteiger partial charge in [-0.15, -0.1) is 0 Å². The van der Waals surface area contributed by atoms with Crippen LogP contribution in [0.15, 0.2) is 53.5 Å². The largest absolute Gasteiger partial charge is 0.467 e. The first-order valence-corrected chi connectivity index (χ1v) is 10.1. The molecule has 3 heterocycles. The number of piperidine rings is 1. The fourth-order valence-electron chi connectivity index (χ4n) is 4.68. The van der Waals surface area contributed by atoms with Gasteiger partial charge in [0.25, 0.3) is 17.7 Å². The Balaban J connectivity index is 1.65. The number of nitrogens with zero attached hydrogens (tertiary/aromatic N) is 3. The molecule has 0 aliphatic carbocycles. The second-order valence-corrected chi connectivity index (χ2v) is 7.97. The number of hydrogen-bond acceptors (Lipinski definition) is 7. The maximum absolute atomic E-state index is 13.6. The lowest BCUT2D eigenvalue weighted by Crippen LogP contribution is -2.66. The zero-order valence-electron chi connectivity index (χ0n) is 17.3. The zero-order valence-corrected chi connectivity index (χ0v) is 17.3. The summed E-state index contributed by atoms with van der Waals surface area (Å²) in [6.07, 6.45) is -0.266. The zero-order chi connectivity index (χ0) is 22.8. The van der Waals surface area contributed by atoms with Gasteiger partial charge in [-0.25, -0.2) is 9.79 Å². The lowest BCUT2D eigenvalue weighted by atomic mass is 9.82. The number of amidine groups is 1. The van der Waals surface area contributed by atoms with Crippen molar-refractivity contribution in [2.24, 2.45) is 4.99 Å². The van der Waals surface area contributed by atoms with Crippen molar-refractivity contribution in [2.45, 2.75) is 31.0 Å². The molecule has 5 rings (SSSR count). The van der Waals surface area contributed by atoms with Crippen molar-refractivity contribution in [1.29, 1.82) is 0 Å². The van der Waals surface area contributed by atoms with Crippen LogP contribution in [-0.2, 0) is 19.9 Å². The summed E-state index contributed by atoms with van der Waals surface area (Å²) in [5, 5.41) is 11.7. The van der Waals surface area contributed by atoms with E-state index in [1.54, 1.807) is 36.4 Å². The molecule has 3 atom stereocenters. The number of hydrogen-bond donors (Lipinski definition) is 1. The van der Waals surface area contributed by atoms with E-state index in [0.717, 1.165) is 9.80 Å². The molecule has 9 heteroatoms. The van der Waals surface area contributed by atoms with E-state index in [1.807, 2.05) is 0 Å². The molecule has 9 nitrogen and oxygen atoms in total. The Morgan fingerprint density at radius 1 is 1.09 bits per heavy atom. The molecule has 32 heavy (non-hydrogen) atoms. The molecule has 1 saturated heterocycles. The van der Waals surface area contributed by atoms with Crippen LogP contribution in [0.4, 0.5) is 5.69 Å². The minimum absolute atomic E-state index is 0.0190. The summed E-state index contributed by atoms with van der Waals surface area (Å²) >= 11 is 0. The first kappa shape index (κ1) is 20.1. The third-order valence-corrected chi connectivity index (χ3v) is 6.25. The number of para-hydroxylation sites is 1. The number of aliphatic imine (C=N–C) groups is 1. The van der Waals surface area contributed by atoms with Crippen LogP contribution in [0.2, 0.25) is 0 Å². The quantitative estimate of drug-likeness (QED) is 0.577. The van der Waals surface area contributed by atoms with Crippen LogP contribution in [-0.4, -0.2) is 63.6 Å². The molecule has 1 N–H and O–H groups in total. The van der Waals surface area contributed by atoms with Crippen LogP contribution in [0.1, 0.15) is 39.6 Å². The van der Waals surface area contributed by atoms with Gasteiger partial charge < -0.3 is 9.84 Å². The fraction of sp³-hybridized carbons (Fsp3) is 0.261. The summed E-state index contributed by atoms with van der Waals surface area (Å²) < 4.78 is 4.81. The number of amides is 3. The summed E-state index contributed by atoms with van der Waals surface area (Å²) in [5.74, 6) is -2.67. The van der Waals surface area contributed by atoms with Crippen LogP contribution < -0.4 is 0 Å². The Hall–Kier alpha value is -3.85. The van der Waals surface area contributed by atoms with Gasteiger partial charge in [0.15, 0.2) is 5.60 Å². The molecule has 0 bridgehead atoms. The van der Waals surface area contributed by atoms with Crippen LogP contribution in [0.5, 0.6) is 0 Å². The number of methoxy groups -OCH3 is 1. The normalized spacial score (nSPS) is 24.7. The predicted octanol–water partition coefficient (Wildman–Crippen LogP) is 1.38. The molecular weight excluding hydrogens is 414 g/mol. The Labute approximate surface area is 182 Å². The molecular formula is C23H19N3O6. The van der Waals surface area contributed by atoms with E-state index < -0.39 is 41.4 Å². The average molecular weight is 433 g/mol. The van der Waals surface area contributed by atoms with Gasteiger partial charge in [0.1, 0.15) is 17.9 Å².